The standard InChI is InChI=1S/C18H18N6O3S/c1-28(26,27)23-10-9-13-7-8-15(11-16(13)23)19-17(25)12-24-21-18(20-22-24)14-5-3-2-4-6-14/h2-8,11H,9-10,12H2,1H3,(H,19,25). The summed E-state index contributed by atoms with van der Waals surface area (Å²) < 4.78 is 25.2. The molecule has 2 heterocycles. The number of tetrazole rings is 1. The van der Waals surface area contributed by atoms with Crippen LogP contribution < -0.4 is 9.62 Å². The normalized spacial score (nSPS) is 13.4. The highest BCUT2D eigenvalue weighted by molar-refractivity contribution is 7.92. The Morgan fingerprint density at radius 1 is 1.18 bits per heavy atom. The van der Waals surface area contributed by atoms with E-state index < -0.39 is 10.0 Å². The molecule has 0 saturated carbocycles. The Labute approximate surface area is 162 Å². The summed E-state index contributed by atoms with van der Waals surface area (Å²) in [5.74, 6) is 0.107. The molecule has 2 aromatic carbocycles. The predicted octanol–water partition coefficient (Wildman–Crippen LogP) is 1.30. The molecular formula is C18H18N6O3S. The molecule has 0 unspecified atom stereocenters. The minimum absolute atomic E-state index is 0.104. The number of fused-ring (bicyclic) bond motifs is 1. The lowest BCUT2D eigenvalue weighted by atomic mass is 10.1. The topological polar surface area (TPSA) is 110 Å². The van der Waals surface area contributed by atoms with Crippen molar-refractivity contribution in [1.82, 2.24) is 20.2 Å². The van der Waals surface area contributed by atoms with Crippen LogP contribution in [0.2, 0.25) is 0 Å². The second-order valence-electron chi connectivity index (χ2n) is 6.49. The van der Waals surface area contributed by atoms with Crippen LogP contribution >= 0.6 is 0 Å². The van der Waals surface area contributed by atoms with Crippen LogP contribution in [0.1, 0.15) is 5.56 Å². The fourth-order valence-corrected chi connectivity index (χ4v) is 4.06. The van der Waals surface area contributed by atoms with E-state index in [9.17, 15) is 13.2 Å². The van der Waals surface area contributed by atoms with Crippen LogP contribution in [0.4, 0.5) is 11.4 Å². The number of sulfonamides is 1. The zero-order valence-corrected chi connectivity index (χ0v) is 15.9. The molecule has 0 fully saturated rings. The zero-order valence-electron chi connectivity index (χ0n) is 15.1. The number of nitrogens with zero attached hydrogens (tertiary/aromatic N) is 5. The van der Waals surface area contributed by atoms with E-state index >= 15 is 0 Å². The first kappa shape index (κ1) is 18.1. The maximum absolute atomic E-state index is 12.3. The van der Waals surface area contributed by atoms with E-state index in [2.05, 4.69) is 20.7 Å². The number of aromatic nitrogens is 4. The number of anilines is 2. The van der Waals surface area contributed by atoms with Crippen molar-refractivity contribution >= 4 is 27.3 Å². The number of hydrogen-bond donors (Lipinski definition) is 1. The van der Waals surface area contributed by atoms with Gasteiger partial charge in [-0.1, -0.05) is 36.4 Å². The first-order valence-corrected chi connectivity index (χ1v) is 10.5. The monoisotopic (exact) mass is 398 g/mol. The summed E-state index contributed by atoms with van der Waals surface area (Å²) in [6.07, 6.45) is 1.83. The van der Waals surface area contributed by atoms with E-state index in [-0.39, 0.29) is 12.5 Å². The van der Waals surface area contributed by atoms with Crippen molar-refractivity contribution in [2.24, 2.45) is 0 Å². The summed E-state index contributed by atoms with van der Waals surface area (Å²) in [5, 5.41) is 14.8. The number of hydrogen-bond acceptors (Lipinski definition) is 6. The van der Waals surface area contributed by atoms with Crippen molar-refractivity contribution in [2.45, 2.75) is 13.0 Å². The fourth-order valence-electron chi connectivity index (χ4n) is 3.11. The second-order valence-corrected chi connectivity index (χ2v) is 8.39. The lowest BCUT2D eigenvalue weighted by molar-refractivity contribution is -0.117. The van der Waals surface area contributed by atoms with Crippen molar-refractivity contribution in [2.75, 3.05) is 22.4 Å². The van der Waals surface area contributed by atoms with Crippen LogP contribution in [0, 0.1) is 0 Å². The van der Waals surface area contributed by atoms with Crippen molar-refractivity contribution < 1.29 is 13.2 Å². The van der Waals surface area contributed by atoms with Gasteiger partial charge in [-0.25, -0.2) is 8.42 Å². The molecule has 1 aliphatic heterocycles. The summed E-state index contributed by atoms with van der Waals surface area (Å²) in [6, 6.07) is 14.6. The lowest BCUT2D eigenvalue weighted by Crippen LogP contribution is -2.27. The molecule has 28 heavy (non-hydrogen) atoms. The van der Waals surface area contributed by atoms with E-state index in [0.29, 0.717) is 30.2 Å². The van der Waals surface area contributed by atoms with Gasteiger partial charge in [0.25, 0.3) is 0 Å². The number of nitrogens with one attached hydrogen (secondary N) is 1. The third-order valence-corrected chi connectivity index (χ3v) is 5.57. The predicted molar refractivity (Wildman–Crippen MR) is 104 cm³/mol. The third-order valence-electron chi connectivity index (χ3n) is 4.39. The molecule has 0 spiro atoms. The molecule has 144 valence electrons. The molecule has 0 saturated heterocycles. The van der Waals surface area contributed by atoms with Gasteiger partial charge in [0.15, 0.2) is 0 Å². The average molecular weight is 398 g/mol. The van der Waals surface area contributed by atoms with E-state index in [1.54, 1.807) is 12.1 Å². The highest BCUT2D eigenvalue weighted by Gasteiger charge is 2.26. The number of amides is 1. The van der Waals surface area contributed by atoms with E-state index in [4.69, 9.17) is 0 Å². The van der Waals surface area contributed by atoms with Crippen LogP contribution in [-0.4, -0.2) is 47.3 Å². The van der Waals surface area contributed by atoms with E-state index in [0.717, 1.165) is 11.1 Å². The summed E-state index contributed by atoms with van der Waals surface area (Å²) >= 11 is 0. The van der Waals surface area contributed by atoms with Crippen molar-refractivity contribution in [3.63, 3.8) is 0 Å². The van der Waals surface area contributed by atoms with Crippen LogP contribution in [0.5, 0.6) is 0 Å². The first-order chi connectivity index (χ1) is 13.4. The van der Waals surface area contributed by atoms with Gasteiger partial charge in [-0.2, -0.15) is 4.80 Å². The number of rotatable bonds is 5. The second kappa shape index (κ2) is 7.04. The highest BCUT2D eigenvalue weighted by atomic mass is 32.2. The van der Waals surface area contributed by atoms with Crippen molar-refractivity contribution in [1.29, 1.82) is 0 Å². The van der Waals surface area contributed by atoms with E-state index in [1.165, 1.54) is 15.4 Å². The smallest absolute Gasteiger partial charge is 0.248 e. The molecule has 0 radical (unpaired) electrons. The molecule has 0 bridgehead atoms. The van der Waals surface area contributed by atoms with Gasteiger partial charge < -0.3 is 5.32 Å². The van der Waals surface area contributed by atoms with Crippen LogP contribution in [0.15, 0.2) is 48.5 Å². The molecule has 1 aliphatic rings. The summed E-state index contributed by atoms with van der Waals surface area (Å²) in [6.45, 7) is 0.309. The molecule has 4 rings (SSSR count). The largest absolute Gasteiger partial charge is 0.324 e. The molecule has 1 amide bonds. The van der Waals surface area contributed by atoms with Crippen LogP contribution in [0.25, 0.3) is 11.4 Å². The molecule has 1 N–H and O–H groups in total. The molecule has 0 atom stereocenters. The maximum atomic E-state index is 12.3. The van der Waals surface area contributed by atoms with Gasteiger partial charge in [-0.3, -0.25) is 9.10 Å². The van der Waals surface area contributed by atoms with Crippen LogP contribution in [0.3, 0.4) is 0 Å². The summed E-state index contributed by atoms with van der Waals surface area (Å²) in [7, 11) is -3.35. The third kappa shape index (κ3) is 3.72. The Balaban J connectivity index is 1.46. The maximum Gasteiger partial charge on any atom is 0.248 e. The Hall–Kier alpha value is -3.27. The van der Waals surface area contributed by atoms with Gasteiger partial charge >= 0.3 is 0 Å². The quantitative estimate of drug-likeness (QED) is 0.694. The molecule has 1 aromatic heterocycles. The molecule has 3 aromatic rings. The average Bonchev–Trinajstić information content (AvgIpc) is 3.28. The Kier molecular flexibility index (Phi) is 4.55. The number of carbonyl (C=O) groups is 1. The van der Waals surface area contributed by atoms with Crippen LogP contribution in [-0.2, 0) is 27.8 Å². The molecule has 0 aliphatic carbocycles. The number of benzene rings is 2. The Bertz CT molecular complexity index is 1130. The molecular weight excluding hydrogens is 380 g/mol. The van der Waals surface area contributed by atoms with Gasteiger partial charge in [0.2, 0.25) is 21.8 Å². The Morgan fingerprint density at radius 2 is 1.96 bits per heavy atom. The number of carbonyl (C=O) groups excluding carboxylic acids is 1. The molecule has 10 heteroatoms. The Morgan fingerprint density at radius 3 is 2.71 bits per heavy atom. The SMILES string of the molecule is CS(=O)(=O)N1CCc2ccc(NC(=O)Cn3nnc(-c4ccccc4)n3)cc21. The summed E-state index contributed by atoms with van der Waals surface area (Å²) in [5.41, 5.74) is 2.87. The fraction of sp³-hybridized carbons (Fsp3) is 0.222. The summed E-state index contributed by atoms with van der Waals surface area (Å²) in [4.78, 5) is 13.6. The van der Waals surface area contributed by atoms with E-state index in [1.807, 2.05) is 36.4 Å². The van der Waals surface area contributed by atoms with Gasteiger partial charge in [0.05, 0.1) is 11.9 Å². The van der Waals surface area contributed by atoms with Gasteiger partial charge in [-0.05, 0) is 29.3 Å². The minimum atomic E-state index is -3.35. The zero-order chi connectivity index (χ0) is 19.7. The first-order valence-electron chi connectivity index (χ1n) is 8.64. The van der Waals surface area contributed by atoms with Crippen molar-refractivity contribution in [3.8, 4) is 11.4 Å². The van der Waals surface area contributed by atoms with Gasteiger partial charge in [-0.15, -0.1) is 10.2 Å². The highest BCUT2D eigenvalue weighted by Crippen LogP contribution is 2.32. The van der Waals surface area contributed by atoms with Gasteiger partial charge in [0, 0.05) is 17.8 Å². The van der Waals surface area contributed by atoms with Gasteiger partial charge in [0.1, 0.15) is 6.54 Å². The minimum Gasteiger partial charge on any atom is -0.324 e. The van der Waals surface area contributed by atoms with Crippen molar-refractivity contribution in [3.05, 3.63) is 54.1 Å². The lowest BCUT2D eigenvalue weighted by Gasteiger charge is -2.17. The molecule has 9 nitrogen and oxygen atoms in total.